The minimum atomic E-state index is -4.32. The summed E-state index contributed by atoms with van der Waals surface area (Å²) < 4.78 is 37.1. The monoisotopic (exact) mass is 189 g/mol. The fourth-order valence-corrected chi connectivity index (χ4v) is 1.17. The van der Waals surface area contributed by atoms with Gasteiger partial charge in [-0.15, -0.1) is 0 Å². The van der Waals surface area contributed by atoms with Crippen LogP contribution in [0.3, 0.4) is 0 Å². The van der Waals surface area contributed by atoms with Gasteiger partial charge in [0.1, 0.15) is 0 Å². The summed E-state index contributed by atoms with van der Waals surface area (Å²) in [6, 6.07) is 0. The van der Waals surface area contributed by atoms with Crippen LogP contribution in [0.1, 0.15) is 6.92 Å². The highest BCUT2D eigenvalue weighted by Crippen LogP contribution is 2.34. The number of allylic oxidation sites excluding steroid dienone is 3. The van der Waals surface area contributed by atoms with Gasteiger partial charge in [-0.3, -0.25) is 0 Å². The van der Waals surface area contributed by atoms with Crippen LogP contribution < -0.4 is 0 Å². The predicted molar refractivity (Wildman–Crippen MR) is 44.8 cm³/mol. The molecule has 0 saturated heterocycles. The lowest BCUT2D eigenvalue weighted by atomic mass is 10.1. The molecule has 0 saturated carbocycles. The van der Waals surface area contributed by atoms with Gasteiger partial charge < -0.3 is 4.90 Å². The molecule has 0 fully saturated rings. The van der Waals surface area contributed by atoms with Crippen LogP contribution >= 0.6 is 0 Å². The number of hydrogen-bond donors (Lipinski definition) is 0. The second kappa shape index (κ2) is 2.94. The van der Waals surface area contributed by atoms with Crippen molar-refractivity contribution in [3.8, 4) is 0 Å². The van der Waals surface area contributed by atoms with Gasteiger partial charge in [-0.25, -0.2) is 0 Å². The van der Waals surface area contributed by atoms with E-state index in [4.69, 9.17) is 0 Å². The third-order valence-electron chi connectivity index (χ3n) is 1.81. The van der Waals surface area contributed by atoms with Gasteiger partial charge in [-0.05, 0) is 18.6 Å². The summed E-state index contributed by atoms with van der Waals surface area (Å²) in [4.78, 5) is 1.37. The minimum Gasteiger partial charge on any atom is -0.351 e. The molecule has 0 spiro atoms. The molecule has 1 nitrogen and oxygen atoms in total. The first kappa shape index (κ1) is 9.89. The van der Waals surface area contributed by atoms with Crippen molar-refractivity contribution in [3.63, 3.8) is 0 Å². The average Bonchev–Trinajstić information content (AvgIpc) is 1.94. The van der Waals surface area contributed by atoms with E-state index in [0.717, 1.165) is 6.08 Å². The first-order chi connectivity index (χ1) is 5.82. The average molecular weight is 189 g/mol. The van der Waals surface area contributed by atoms with Crippen molar-refractivity contribution >= 4 is 0 Å². The van der Waals surface area contributed by atoms with Gasteiger partial charge in [0.15, 0.2) is 0 Å². The lowest BCUT2D eigenvalue weighted by molar-refractivity contribution is -0.0911. The molecule has 0 N–H and O–H groups in total. The number of rotatable bonds is 0. The van der Waals surface area contributed by atoms with Crippen molar-refractivity contribution in [2.24, 2.45) is 0 Å². The van der Waals surface area contributed by atoms with Crippen LogP contribution in [0.25, 0.3) is 0 Å². The molecule has 1 aliphatic heterocycles. The normalized spacial score (nSPS) is 18.5. The second-order valence-corrected chi connectivity index (χ2v) is 2.99. The molecule has 13 heavy (non-hydrogen) atoms. The van der Waals surface area contributed by atoms with Gasteiger partial charge in [-0.2, -0.15) is 13.2 Å². The van der Waals surface area contributed by atoms with E-state index in [9.17, 15) is 13.2 Å². The Morgan fingerprint density at radius 3 is 2.38 bits per heavy atom. The van der Waals surface area contributed by atoms with E-state index in [1.165, 1.54) is 4.90 Å². The maximum Gasteiger partial charge on any atom is 0.418 e. The Bertz CT molecular complexity index is 296. The first-order valence-electron chi connectivity index (χ1n) is 3.72. The molecular weight excluding hydrogens is 179 g/mol. The van der Waals surface area contributed by atoms with Gasteiger partial charge in [0.05, 0.1) is 5.57 Å². The lowest BCUT2D eigenvalue weighted by Crippen LogP contribution is -2.24. The van der Waals surface area contributed by atoms with Crippen LogP contribution in [0.2, 0.25) is 0 Å². The Morgan fingerprint density at radius 2 is 1.92 bits per heavy atom. The number of halogens is 3. The molecule has 0 bridgehead atoms. The van der Waals surface area contributed by atoms with Gasteiger partial charge in [0.2, 0.25) is 0 Å². The summed E-state index contributed by atoms with van der Waals surface area (Å²) in [5.41, 5.74) is -0.115. The van der Waals surface area contributed by atoms with E-state index in [1.807, 2.05) is 0 Å². The molecule has 0 aliphatic carbocycles. The molecule has 72 valence electrons. The summed E-state index contributed by atoms with van der Waals surface area (Å²) in [5.74, 6) is 0. The van der Waals surface area contributed by atoms with Crippen molar-refractivity contribution in [1.29, 1.82) is 0 Å². The molecule has 0 aromatic heterocycles. The fraction of sp³-hybridized carbons (Fsp3) is 0.333. The van der Waals surface area contributed by atoms with Crippen LogP contribution in [0.5, 0.6) is 0 Å². The molecule has 0 amide bonds. The second-order valence-electron chi connectivity index (χ2n) is 2.99. The zero-order valence-electron chi connectivity index (χ0n) is 7.44. The van der Waals surface area contributed by atoms with E-state index in [1.54, 1.807) is 20.2 Å². The summed E-state index contributed by atoms with van der Waals surface area (Å²) in [6.07, 6.45) is -1.61. The molecule has 0 aromatic carbocycles. The number of alkyl halides is 3. The molecule has 0 aromatic rings. The highest BCUT2D eigenvalue weighted by atomic mass is 19.4. The molecule has 1 heterocycles. The van der Waals surface area contributed by atoms with Crippen molar-refractivity contribution in [2.75, 3.05) is 7.05 Å². The van der Waals surface area contributed by atoms with E-state index in [2.05, 4.69) is 6.58 Å². The minimum absolute atomic E-state index is 0.0156. The van der Waals surface area contributed by atoms with Crippen LogP contribution in [0.15, 0.2) is 35.7 Å². The van der Waals surface area contributed by atoms with E-state index < -0.39 is 11.7 Å². The molecule has 4 heteroatoms. The van der Waals surface area contributed by atoms with E-state index in [0.29, 0.717) is 5.57 Å². The molecular formula is C9H10F3N. The van der Waals surface area contributed by atoms with Gasteiger partial charge in [0.25, 0.3) is 0 Å². The molecule has 0 radical (unpaired) electrons. The maximum atomic E-state index is 12.4. The molecule has 0 unspecified atom stereocenters. The molecule has 1 aliphatic rings. The van der Waals surface area contributed by atoms with Gasteiger partial charge in [0, 0.05) is 18.9 Å². The summed E-state index contributed by atoms with van der Waals surface area (Å²) in [7, 11) is 1.55. The highest BCUT2D eigenvalue weighted by molar-refractivity contribution is 5.42. The summed E-state index contributed by atoms with van der Waals surface area (Å²) in [5, 5.41) is 0. The Balaban J connectivity index is 3.10. The van der Waals surface area contributed by atoms with Gasteiger partial charge in [-0.1, -0.05) is 6.58 Å². The molecule has 1 rings (SSSR count). The fourth-order valence-electron chi connectivity index (χ4n) is 1.17. The SMILES string of the molecule is C=C1C(C(F)(F)F)=CC(C)=CN1C. The smallest absolute Gasteiger partial charge is 0.351 e. The predicted octanol–water partition coefficient (Wildman–Crippen LogP) is 2.84. The zero-order chi connectivity index (χ0) is 10.2. The van der Waals surface area contributed by atoms with Gasteiger partial charge >= 0.3 is 6.18 Å². The van der Waals surface area contributed by atoms with Crippen LogP contribution in [0.4, 0.5) is 13.2 Å². The summed E-state index contributed by atoms with van der Waals surface area (Å²) >= 11 is 0. The Hall–Kier alpha value is -1.19. The first-order valence-corrected chi connectivity index (χ1v) is 3.72. The topological polar surface area (TPSA) is 3.24 Å². The Labute approximate surface area is 74.8 Å². The van der Waals surface area contributed by atoms with E-state index in [-0.39, 0.29) is 5.70 Å². The molecule has 0 atom stereocenters. The Kier molecular flexibility index (Phi) is 2.24. The maximum absolute atomic E-state index is 12.4. The standard InChI is InChI=1S/C9H10F3N/c1-6-4-8(9(10,11)12)7(2)13(3)5-6/h4-5H,2H2,1,3H3. The van der Waals surface area contributed by atoms with Crippen LogP contribution in [0, 0.1) is 0 Å². The summed E-state index contributed by atoms with van der Waals surface area (Å²) in [6.45, 7) is 4.99. The zero-order valence-corrected chi connectivity index (χ0v) is 7.44. The van der Waals surface area contributed by atoms with Crippen LogP contribution in [-0.2, 0) is 0 Å². The number of likely N-dealkylation sites (N-methyl/N-ethyl adjacent to an activating group) is 1. The quantitative estimate of drug-likeness (QED) is 0.566. The number of nitrogens with zero attached hydrogens (tertiary/aromatic N) is 1. The van der Waals surface area contributed by atoms with Crippen molar-refractivity contribution in [3.05, 3.63) is 35.7 Å². The third-order valence-corrected chi connectivity index (χ3v) is 1.81. The lowest BCUT2D eigenvalue weighted by Gasteiger charge is -2.26. The Morgan fingerprint density at radius 1 is 1.38 bits per heavy atom. The van der Waals surface area contributed by atoms with Crippen molar-refractivity contribution in [2.45, 2.75) is 13.1 Å². The van der Waals surface area contributed by atoms with Crippen molar-refractivity contribution in [1.82, 2.24) is 4.90 Å². The highest BCUT2D eigenvalue weighted by Gasteiger charge is 2.37. The van der Waals surface area contributed by atoms with E-state index >= 15 is 0 Å². The van der Waals surface area contributed by atoms with Crippen molar-refractivity contribution < 1.29 is 13.2 Å². The third kappa shape index (κ3) is 1.94. The number of hydrogen-bond acceptors (Lipinski definition) is 1. The van der Waals surface area contributed by atoms with Crippen LogP contribution in [-0.4, -0.2) is 18.1 Å². The largest absolute Gasteiger partial charge is 0.418 e.